The quantitative estimate of drug-likeness (QED) is 0.158. The highest BCUT2D eigenvalue weighted by Crippen LogP contribution is 2.40. The van der Waals surface area contributed by atoms with Crippen LogP contribution in [-0.2, 0) is 17.9 Å². The van der Waals surface area contributed by atoms with Gasteiger partial charge in [-0.05, 0) is 62.4 Å². The van der Waals surface area contributed by atoms with Crippen molar-refractivity contribution in [3.05, 3.63) is 71.0 Å². The van der Waals surface area contributed by atoms with Gasteiger partial charge in [0.25, 0.3) is 0 Å². The summed E-state index contributed by atoms with van der Waals surface area (Å²) in [7, 11) is 4.84. The van der Waals surface area contributed by atoms with Crippen LogP contribution in [0.4, 0.5) is 0 Å². The maximum atomic E-state index is 11.1. The first-order valence-corrected chi connectivity index (χ1v) is 18.3. The first kappa shape index (κ1) is 36.5. The molecule has 3 aromatic heterocycles. The van der Waals surface area contributed by atoms with Crippen LogP contribution in [0.1, 0.15) is 43.2 Å². The zero-order valence-electron chi connectivity index (χ0n) is 30.2. The number of carbonyl (C=O) groups is 1. The molecule has 14 heteroatoms. The highest BCUT2D eigenvalue weighted by atomic mass is 35.5. The molecule has 2 saturated heterocycles. The third-order valence-corrected chi connectivity index (χ3v) is 10.7. The second-order valence-corrected chi connectivity index (χ2v) is 14.1. The van der Waals surface area contributed by atoms with Crippen molar-refractivity contribution in [2.24, 2.45) is 5.92 Å². The Bertz CT molecular complexity index is 2070. The van der Waals surface area contributed by atoms with Crippen molar-refractivity contribution >= 4 is 28.5 Å². The number of nitrogens with zero attached hydrogens (tertiary/aromatic N) is 7. The van der Waals surface area contributed by atoms with E-state index in [2.05, 4.69) is 9.80 Å². The number of hydrogen-bond acceptors (Lipinski definition) is 11. The van der Waals surface area contributed by atoms with Gasteiger partial charge in [0.1, 0.15) is 5.75 Å². The van der Waals surface area contributed by atoms with Crippen LogP contribution in [0.2, 0.25) is 5.02 Å². The minimum atomic E-state index is -0.740. The Morgan fingerprint density at radius 1 is 0.849 bits per heavy atom. The fraction of sp³-hybridized carbons (Fsp3) is 0.410. The van der Waals surface area contributed by atoms with Crippen molar-refractivity contribution in [3.8, 4) is 45.8 Å². The van der Waals surface area contributed by atoms with Crippen molar-refractivity contribution in [3.63, 3.8) is 0 Å². The number of aliphatic hydroxyl groups excluding tert-OH is 1. The van der Waals surface area contributed by atoms with E-state index in [1.165, 1.54) is 0 Å². The lowest BCUT2D eigenvalue weighted by atomic mass is 9.93. The average Bonchev–Trinajstić information content (AvgIpc) is 3.61. The largest absolute Gasteiger partial charge is 0.496 e. The van der Waals surface area contributed by atoms with Gasteiger partial charge >= 0.3 is 5.97 Å². The zero-order valence-corrected chi connectivity index (χ0v) is 30.9. The van der Waals surface area contributed by atoms with Gasteiger partial charge in [0.15, 0.2) is 11.6 Å². The summed E-state index contributed by atoms with van der Waals surface area (Å²) >= 11 is 7.17. The summed E-state index contributed by atoms with van der Waals surface area (Å²) in [4.78, 5) is 30.1. The van der Waals surface area contributed by atoms with Crippen LogP contribution in [0, 0.1) is 5.92 Å². The number of carboxylic acids is 1. The molecule has 2 fully saturated rings. The topological polar surface area (TPSA) is 148 Å². The van der Waals surface area contributed by atoms with Crippen LogP contribution in [0.15, 0.2) is 54.9 Å². The molecule has 0 bridgehead atoms. The molecule has 0 amide bonds. The highest BCUT2D eigenvalue weighted by Gasteiger charge is 2.25. The van der Waals surface area contributed by atoms with Gasteiger partial charge in [0.2, 0.25) is 11.8 Å². The lowest BCUT2D eigenvalue weighted by Crippen LogP contribution is -2.35. The lowest BCUT2D eigenvalue weighted by molar-refractivity contribution is -0.138. The Morgan fingerprint density at radius 3 is 2.25 bits per heavy atom. The minimum Gasteiger partial charge on any atom is -0.496 e. The van der Waals surface area contributed by atoms with Crippen molar-refractivity contribution < 1.29 is 29.2 Å². The number of aromatic nitrogens is 5. The van der Waals surface area contributed by atoms with Crippen molar-refractivity contribution in [2.75, 3.05) is 47.5 Å². The summed E-state index contributed by atoms with van der Waals surface area (Å²) < 4.78 is 19.1. The predicted octanol–water partition coefficient (Wildman–Crippen LogP) is 5.87. The van der Waals surface area contributed by atoms with E-state index in [0.29, 0.717) is 52.8 Å². The fourth-order valence-corrected chi connectivity index (χ4v) is 7.76. The minimum absolute atomic E-state index is 0.209. The second-order valence-electron chi connectivity index (χ2n) is 13.7. The fourth-order valence-electron chi connectivity index (χ4n) is 7.44. The van der Waals surface area contributed by atoms with Crippen molar-refractivity contribution in [2.45, 2.75) is 51.3 Å². The third-order valence-electron chi connectivity index (χ3n) is 10.3. The molecule has 2 aliphatic rings. The van der Waals surface area contributed by atoms with Crippen LogP contribution in [-0.4, -0.2) is 104 Å². The number of methoxy groups -OCH3 is 3. The standard InChI is InChI=1S/C39H44ClN7O6/c1-51-33-19-34(43-39(53-3)31(33)23-46-16-12-26(48)13-17-46)47-32-9-5-6-27(30(32)21-42-47)28-7-4-8-29(36(28)40)37-41-20-25(38(44-37)52-2)22-45-14-10-24(11-15-45)18-35(49)50/h4-9,19-21,24,26,48H,10-18,22-23H2,1-3H3,(H,49,50). The van der Waals surface area contributed by atoms with Crippen LogP contribution in [0.25, 0.3) is 39.2 Å². The molecule has 0 radical (unpaired) electrons. The van der Waals surface area contributed by atoms with Crippen molar-refractivity contribution in [1.82, 2.24) is 34.5 Å². The number of pyridine rings is 1. The number of aliphatic hydroxyl groups is 1. The molecule has 278 valence electrons. The number of carboxylic acid groups (broad SMARTS) is 1. The molecule has 5 heterocycles. The molecule has 2 aromatic carbocycles. The number of benzene rings is 2. The third kappa shape index (κ3) is 7.79. The molecule has 7 rings (SSSR count). The van der Waals surface area contributed by atoms with Gasteiger partial charge in [-0.1, -0.05) is 35.9 Å². The van der Waals surface area contributed by atoms with Gasteiger partial charge in [-0.2, -0.15) is 15.1 Å². The summed E-state index contributed by atoms with van der Waals surface area (Å²) in [5.41, 5.74) is 4.89. The molecule has 5 aromatic rings. The Hall–Kier alpha value is -4.82. The van der Waals surface area contributed by atoms with Gasteiger partial charge in [-0.3, -0.25) is 14.6 Å². The molecule has 0 atom stereocenters. The Balaban J connectivity index is 1.16. The number of halogens is 1. The van der Waals surface area contributed by atoms with E-state index in [1.54, 1.807) is 38.4 Å². The number of fused-ring (bicyclic) bond motifs is 1. The van der Waals surface area contributed by atoms with Gasteiger partial charge < -0.3 is 24.4 Å². The SMILES string of the molecule is COc1cc(-n2ncc3c(-c4cccc(-c5ncc(CN6CCC(CC(=O)O)CC6)c(OC)n5)c4Cl)cccc32)nc(OC)c1CN1CCC(O)CC1. The second kappa shape index (κ2) is 16.0. The van der Waals surface area contributed by atoms with Gasteiger partial charge in [0, 0.05) is 66.9 Å². The molecule has 2 aliphatic heterocycles. The van der Waals surface area contributed by atoms with E-state index in [1.807, 2.05) is 42.5 Å². The summed E-state index contributed by atoms with van der Waals surface area (Å²) in [6.45, 7) is 4.40. The first-order valence-electron chi connectivity index (χ1n) is 17.9. The van der Waals surface area contributed by atoms with E-state index in [9.17, 15) is 9.90 Å². The van der Waals surface area contributed by atoms with Crippen molar-refractivity contribution in [1.29, 1.82) is 0 Å². The average molecular weight is 742 g/mol. The summed E-state index contributed by atoms with van der Waals surface area (Å²) in [5, 5.41) is 25.3. The smallest absolute Gasteiger partial charge is 0.303 e. The van der Waals surface area contributed by atoms with E-state index in [0.717, 1.165) is 85.0 Å². The van der Waals surface area contributed by atoms with Gasteiger partial charge in [-0.15, -0.1) is 0 Å². The van der Waals surface area contributed by atoms with E-state index in [4.69, 9.17) is 51.0 Å². The van der Waals surface area contributed by atoms with Crippen LogP contribution in [0.5, 0.6) is 17.5 Å². The number of likely N-dealkylation sites (tertiary alicyclic amines) is 2. The number of rotatable bonds is 12. The van der Waals surface area contributed by atoms with E-state index < -0.39 is 5.97 Å². The highest BCUT2D eigenvalue weighted by molar-refractivity contribution is 6.36. The summed E-state index contributed by atoms with van der Waals surface area (Å²) in [6, 6.07) is 13.6. The van der Waals surface area contributed by atoms with Crippen LogP contribution >= 0.6 is 11.6 Å². The normalized spacial score (nSPS) is 16.2. The molecular weight excluding hydrogens is 698 g/mol. The lowest BCUT2D eigenvalue weighted by Gasteiger charge is -2.31. The molecule has 0 saturated carbocycles. The first-order chi connectivity index (χ1) is 25.8. The molecule has 0 aliphatic carbocycles. The maximum Gasteiger partial charge on any atom is 0.303 e. The van der Waals surface area contributed by atoms with Gasteiger partial charge in [0.05, 0.1) is 49.7 Å². The van der Waals surface area contributed by atoms with Crippen LogP contribution < -0.4 is 14.2 Å². The summed E-state index contributed by atoms with van der Waals surface area (Å²) in [6.07, 6.45) is 6.71. The number of aliphatic carboxylic acids is 1. The number of hydrogen-bond donors (Lipinski definition) is 2. The Kier molecular flexibility index (Phi) is 11.1. The van der Waals surface area contributed by atoms with E-state index >= 15 is 0 Å². The van der Waals surface area contributed by atoms with Gasteiger partial charge in [-0.25, -0.2) is 9.67 Å². The van der Waals surface area contributed by atoms with E-state index in [-0.39, 0.29) is 18.4 Å². The molecular formula is C39H44ClN7O6. The molecule has 0 spiro atoms. The maximum absolute atomic E-state index is 11.1. The zero-order chi connectivity index (χ0) is 37.1. The van der Waals surface area contributed by atoms with Crippen LogP contribution in [0.3, 0.4) is 0 Å². The molecule has 0 unspecified atom stereocenters. The predicted molar refractivity (Wildman–Crippen MR) is 201 cm³/mol. The molecule has 2 N–H and O–H groups in total. The Labute approximate surface area is 313 Å². The molecule has 13 nitrogen and oxygen atoms in total. The summed E-state index contributed by atoms with van der Waals surface area (Å²) in [5.74, 6) is 2.06. The number of ether oxygens (including phenoxy) is 3. The number of piperidine rings is 2. The monoisotopic (exact) mass is 741 g/mol. The molecule has 53 heavy (non-hydrogen) atoms. The Morgan fingerprint density at radius 2 is 1.53 bits per heavy atom.